The lowest BCUT2D eigenvalue weighted by Crippen LogP contribution is -2.49. The van der Waals surface area contributed by atoms with Gasteiger partial charge < -0.3 is 14.3 Å². The van der Waals surface area contributed by atoms with Crippen LogP contribution in [0.4, 0.5) is 0 Å². The summed E-state index contributed by atoms with van der Waals surface area (Å²) in [6.07, 6.45) is 0. The molecule has 34 heavy (non-hydrogen) atoms. The number of nitrogens with zero attached hydrogens (tertiary/aromatic N) is 4. The SMILES string of the molecule is Cc1ccc(CN(C)C(=O)CN2CCN(Cc3nc4scc(-c5cccs5)c4c(=O)[nH]3)CC2)o1. The molecule has 0 bridgehead atoms. The Balaban J connectivity index is 1.15. The van der Waals surface area contributed by atoms with Crippen molar-refractivity contribution in [1.29, 1.82) is 0 Å². The second kappa shape index (κ2) is 9.83. The first-order chi connectivity index (χ1) is 16.5. The van der Waals surface area contributed by atoms with E-state index in [1.165, 1.54) is 11.3 Å². The highest BCUT2D eigenvalue weighted by Crippen LogP contribution is 2.33. The number of hydrogen-bond acceptors (Lipinski definition) is 8. The molecule has 5 heterocycles. The Hall–Kier alpha value is -2.79. The predicted molar refractivity (Wildman–Crippen MR) is 135 cm³/mol. The van der Waals surface area contributed by atoms with Crippen LogP contribution in [0.2, 0.25) is 0 Å². The third-order valence-electron chi connectivity index (χ3n) is 6.09. The zero-order valence-corrected chi connectivity index (χ0v) is 20.9. The summed E-state index contributed by atoms with van der Waals surface area (Å²) >= 11 is 3.14. The van der Waals surface area contributed by atoms with Crippen molar-refractivity contribution in [1.82, 2.24) is 24.7 Å². The van der Waals surface area contributed by atoms with Crippen LogP contribution in [0.5, 0.6) is 0 Å². The molecule has 0 saturated carbocycles. The maximum Gasteiger partial charge on any atom is 0.260 e. The molecular weight excluding hydrogens is 470 g/mol. The van der Waals surface area contributed by atoms with Crippen LogP contribution < -0.4 is 5.56 Å². The molecule has 178 valence electrons. The standard InChI is InChI=1S/C24H27N5O3S2/c1-16-5-6-17(32-16)12-27(2)21(30)14-29-9-7-28(8-10-29)13-20-25-23(31)22-18(15-34-24(22)26-20)19-4-3-11-33-19/h3-6,11,15H,7-10,12-14H2,1-2H3,(H,25,26,31). The average molecular weight is 498 g/mol. The number of carbonyl (C=O) groups excluding carboxylic acids is 1. The van der Waals surface area contributed by atoms with Gasteiger partial charge in [-0.3, -0.25) is 19.4 Å². The monoisotopic (exact) mass is 497 g/mol. The number of nitrogens with one attached hydrogen (secondary N) is 1. The zero-order valence-electron chi connectivity index (χ0n) is 19.2. The van der Waals surface area contributed by atoms with Gasteiger partial charge in [-0.2, -0.15) is 0 Å². The molecule has 0 aromatic carbocycles. The number of likely N-dealkylation sites (N-methyl/N-ethyl adjacent to an activating group) is 1. The molecule has 4 aromatic heterocycles. The van der Waals surface area contributed by atoms with E-state index in [-0.39, 0.29) is 11.5 Å². The molecule has 0 unspecified atom stereocenters. The number of aryl methyl sites for hydroxylation is 1. The fourth-order valence-electron chi connectivity index (χ4n) is 4.20. The fourth-order valence-corrected chi connectivity index (χ4v) is 5.98. The van der Waals surface area contributed by atoms with Gasteiger partial charge in [0.05, 0.1) is 25.0 Å². The van der Waals surface area contributed by atoms with Gasteiger partial charge in [-0.25, -0.2) is 4.98 Å². The van der Waals surface area contributed by atoms with Gasteiger partial charge in [0.1, 0.15) is 22.2 Å². The van der Waals surface area contributed by atoms with Crippen molar-refractivity contribution in [3.63, 3.8) is 0 Å². The van der Waals surface area contributed by atoms with Gasteiger partial charge in [-0.05, 0) is 30.5 Å². The van der Waals surface area contributed by atoms with Crippen molar-refractivity contribution in [3.8, 4) is 10.4 Å². The van der Waals surface area contributed by atoms with Gasteiger partial charge in [0.2, 0.25) is 5.91 Å². The van der Waals surface area contributed by atoms with Crippen LogP contribution in [0, 0.1) is 6.92 Å². The number of carbonyl (C=O) groups is 1. The Morgan fingerprint density at radius 2 is 1.97 bits per heavy atom. The fraction of sp³-hybridized carbons (Fsp3) is 0.375. The number of thiophene rings is 2. The molecule has 1 saturated heterocycles. The average Bonchev–Trinajstić information content (AvgIpc) is 3.56. The van der Waals surface area contributed by atoms with Gasteiger partial charge in [0, 0.05) is 49.0 Å². The Bertz CT molecular complexity index is 1330. The van der Waals surface area contributed by atoms with Crippen LogP contribution in [0.15, 0.2) is 44.2 Å². The molecule has 5 rings (SSSR count). The minimum atomic E-state index is -0.0799. The minimum Gasteiger partial charge on any atom is -0.464 e. The molecule has 1 aliphatic heterocycles. The lowest BCUT2D eigenvalue weighted by Gasteiger charge is -2.34. The van der Waals surface area contributed by atoms with Crippen molar-refractivity contribution < 1.29 is 9.21 Å². The van der Waals surface area contributed by atoms with Crippen LogP contribution >= 0.6 is 22.7 Å². The Morgan fingerprint density at radius 1 is 1.18 bits per heavy atom. The molecule has 0 radical (unpaired) electrons. The molecule has 1 aliphatic rings. The highest BCUT2D eigenvalue weighted by molar-refractivity contribution is 7.18. The quantitative estimate of drug-likeness (QED) is 0.421. The molecule has 0 atom stereocenters. The normalized spacial score (nSPS) is 15.2. The molecule has 4 aromatic rings. The molecule has 1 amide bonds. The smallest absolute Gasteiger partial charge is 0.260 e. The summed E-state index contributed by atoms with van der Waals surface area (Å²) in [4.78, 5) is 41.2. The van der Waals surface area contributed by atoms with Crippen molar-refractivity contribution in [2.24, 2.45) is 0 Å². The zero-order chi connectivity index (χ0) is 23.7. The second-order valence-electron chi connectivity index (χ2n) is 8.63. The maximum atomic E-state index is 12.8. The van der Waals surface area contributed by atoms with Gasteiger partial charge >= 0.3 is 0 Å². The Morgan fingerprint density at radius 3 is 2.68 bits per heavy atom. The molecular formula is C24H27N5O3S2. The molecule has 10 heteroatoms. The van der Waals surface area contributed by atoms with Gasteiger partial charge in [-0.15, -0.1) is 22.7 Å². The van der Waals surface area contributed by atoms with Crippen molar-refractivity contribution >= 4 is 38.8 Å². The van der Waals surface area contributed by atoms with Crippen molar-refractivity contribution in [2.75, 3.05) is 39.8 Å². The number of fused-ring (bicyclic) bond motifs is 1. The highest BCUT2D eigenvalue weighted by Gasteiger charge is 2.22. The molecule has 0 aliphatic carbocycles. The van der Waals surface area contributed by atoms with E-state index in [1.54, 1.807) is 16.2 Å². The molecule has 8 nitrogen and oxygen atoms in total. The van der Waals surface area contributed by atoms with Crippen molar-refractivity contribution in [2.45, 2.75) is 20.0 Å². The summed E-state index contributed by atoms with van der Waals surface area (Å²) in [6.45, 7) is 6.60. The summed E-state index contributed by atoms with van der Waals surface area (Å²) in [5.41, 5.74) is 0.879. The van der Waals surface area contributed by atoms with E-state index in [2.05, 4.69) is 14.8 Å². The summed E-state index contributed by atoms with van der Waals surface area (Å²) in [5, 5.41) is 4.70. The highest BCUT2D eigenvalue weighted by atomic mass is 32.1. The van der Waals surface area contributed by atoms with Gasteiger partial charge in [-0.1, -0.05) is 6.07 Å². The van der Waals surface area contributed by atoms with E-state index in [0.29, 0.717) is 30.8 Å². The lowest BCUT2D eigenvalue weighted by molar-refractivity contribution is -0.132. The number of rotatable bonds is 7. The number of aromatic amines is 1. The molecule has 1 fully saturated rings. The van der Waals surface area contributed by atoms with E-state index < -0.39 is 0 Å². The maximum absolute atomic E-state index is 12.8. The summed E-state index contributed by atoms with van der Waals surface area (Å²) in [7, 11) is 1.81. The van der Waals surface area contributed by atoms with Crippen LogP contribution in [-0.2, 0) is 17.9 Å². The van der Waals surface area contributed by atoms with Crippen LogP contribution in [0.3, 0.4) is 0 Å². The first kappa shape index (κ1) is 23.0. The van der Waals surface area contributed by atoms with Crippen LogP contribution in [0.1, 0.15) is 17.3 Å². The number of amides is 1. The van der Waals surface area contributed by atoms with E-state index >= 15 is 0 Å². The summed E-state index contributed by atoms with van der Waals surface area (Å²) in [6, 6.07) is 7.84. The van der Waals surface area contributed by atoms with E-state index in [0.717, 1.165) is 53.0 Å². The molecule has 1 N–H and O–H groups in total. The van der Waals surface area contributed by atoms with Crippen LogP contribution in [0.25, 0.3) is 20.7 Å². The first-order valence-electron chi connectivity index (χ1n) is 11.2. The second-order valence-corrected chi connectivity index (χ2v) is 10.4. The van der Waals surface area contributed by atoms with Gasteiger partial charge in [0.15, 0.2) is 0 Å². The van der Waals surface area contributed by atoms with Crippen molar-refractivity contribution in [3.05, 3.63) is 62.7 Å². The predicted octanol–water partition coefficient (Wildman–Crippen LogP) is 3.39. The summed E-state index contributed by atoms with van der Waals surface area (Å²) in [5.74, 6) is 2.42. The van der Waals surface area contributed by atoms with E-state index in [1.807, 2.05) is 49.0 Å². The van der Waals surface area contributed by atoms with E-state index in [9.17, 15) is 9.59 Å². The van der Waals surface area contributed by atoms with E-state index in [4.69, 9.17) is 9.40 Å². The largest absolute Gasteiger partial charge is 0.464 e. The lowest BCUT2D eigenvalue weighted by atomic mass is 10.2. The van der Waals surface area contributed by atoms with Crippen LogP contribution in [-0.4, -0.2) is 70.3 Å². The third-order valence-corrected chi connectivity index (χ3v) is 7.87. The first-order valence-corrected chi connectivity index (χ1v) is 13.0. The number of furan rings is 1. The third kappa shape index (κ3) is 5.00. The topological polar surface area (TPSA) is 85.7 Å². The Kier molecular flexibility index (Phi) is 6.64. The number of piperazine rings is 1. The molecule has 0 spiro atoms. The number of H-pyrrole nitrogens is 1. The summed E-state index contributed by atoms with van der Waals surface area (Å²) < 4.78 is 5.58. The number of hydrogen-bond donors (Lipinski definition) is 1. The van der Waals surface area contributed by atoms with Gasteiger partial charge in [0.25, 0.3) is 5.56 Å². The number of aromatic nitrogens is 2. The minimum absolute atomic E-state index is 0.0799. The Labute approximate surface area is 205 Å².